The Kier molecular flexibility index (Phi) is 4.10. The number of carbonyl (C=O) groups is 1. The van der Waals surface area contributed by atoms with Gasteiger partial charge in [0.05, 0.1) is 18.7 Å². The van der Waals surface area contributed by atoms with E-state index in [1.165, 1.54) is 4.88 Å². The zero-order valence-electron chi connectivity index (χ0n) is 12.0. The number of hydrogen-bond acceptors (Lipinski definition) is 4. The van der Waals surface area contributed by atoms with Gasteiger partial charge in [0.15, 0.2) is 0 Å². The van der Waals surface area contributed by atoms with Crippen molar-refractivity contribution in [2.24, 2.45) is 5.92 Å². The molecule has 5 heteroatoms. The largest absolute Gasteiger partial charge is 0.379 e. The van der Waals surface area contributed by atoms with E-state index >= 15 is 0 Å². The van der Waals surface area contributed by atoms with E-state index in [-0.39, 0.29) is 24.2 Å². The Morgan fingerprint density at radius 2 is 2.45 bits per heavy atom. The molecule has 0 spiro atoms. The predicted molar refractivity (Wildman–Crippen MR) is 79.5 cm³/mol. The Hall–Kier alpha value is -0.910. The van der Waals surface area contributed by atoms with Crippen LogP contribution in [0.25, 0.3) is 0 Å². The van der Waals surface area contributed by atoms with Crippen molar-refractivity contribution in [1.82, 2.24) is 10.2 Å². The fourth-order valence-corrected chi connectivity index (χ4v) is 3.83. The summed E-state index contributed by atoms with van der Waals surface area (Å²) in [5, 5.41) is 5.62. The lowest BCUT2D eigenvalue weighted by Gasteiger charge is -2.28. The summed E-state index contributed by atoms with van der Waals surface area (Å²) in [5.74, 6) is 0.602. The number of hydrogen-bond donors (Lipinski definition) is 1. The molecule has 0 radical (unpaired) electrons. The monoisotopic (exact) mass is 294 g/mol. The van der Waals surface area contributed by atoms with E-state index in [9.17, 15) is 4.79 Å². The molecule has 4 atom stereocenters. The third-order valence-electron chi connectivity index (χ3n) is 4.46. The Morgan fingerprint density at radius 1 is 1.60 bits per heavy atom. The first kappa shape index (κ1) is 14.0. The van der Waals surface area contributed by atoms with Crippen LogP contribution in [0.3, 0.4) is 0 Å². The minimum absolute atomic E-state index is 0.0215. The smallest absolute Gasteiger partial charge is 0.241 e. The molecule has 2 fully saturated rings. The summed E-state index contributed by atoms with van der Waals surface area (Å²) in [6.07, 6.45) is 1.98. The molecule has 1 N–H and O–H groups in total. The maximum Gasteiger partial charge on any atom is 0.241 e. The van der Waals surface area contributed by atoms with Crippen LogP contribution >= 0.6 is 11.3 Å². The van der Waals surface area contributed by atoms with Gasteiger partial charge in [-0.25, -0.2) is 0 Å². The van der Waals surface area contributed by atoms with Gasteiger partial charge in [-0.05, 0) is 23.8 Å². The number of thiophene rings is 1. The predicted octanol–water partition coefficient (Wildman–Crippen LogP) is 2.38. The first-order valence-electron chi connectivity index (χ1n) is 7.41. The van der Waals surface area contributed by atoms with Gasteiger partial charge in [-0.2, -0.15) is 0 Å². The van der Waals surface area contributed by atoms with Crippen molar-refractivity contribution >= 4 is 17.2 Å². The van der Waals surface area contributed by atoms with Crippen molar-refractivity contribution in [3.63, 3.8) is 0 Å². The van der Waals surface area contributed by atoms with Crippen molar-refractivity contribution in [2.75, 3.05) is 13.2 Å². The van der Waals surface area contributed by atoms with Gasteiger partial charge in [-0.3, -0.25) is 10.1 Å². The third-order valence-corrected chi connectivity index (χ3v) is 5.39. The molecule has 3 rings (SSSR count). The van der Waals surface area contributed by atoms with Crippen LogP contribution in [0.1, 0.15) is 37.7 Å². The molecule has 0 aromatic carbocycles. The van der Waals surface area contributed by atoms with Crippen molar-refractivity contribution in [3.05, 3.63) is 22.4 Å². The molecule has 110 valence electrons. The van der Waals surface area contributed by atoms with Gasteiger partial charge < -0.3 is 9.64 Å². The van der Waals surface area contributed by atoms with E-state index < -0.39 is 0 Å². The number of amides is 1. The summed E-state index contributed by atoms with van der Waals surface area (Å²) in [6, 6.07) is 4.31. The first-order valence-corrected chi connectivity index (χ1v) is 8.29. The second kappa shape index (κ2) is 5.84. The van der Waals surface area contributed by atoms with E-state index in [2.05, 4.69) is 30.6 Å². The molecule has 2 saturated heterocycles. The van der Waals surface area contributed by atoms with Crippen molar-refractivity contribution < 1.29 is 9.53 Å². The Morgan fingerprint density at radius 3 is 3.05 bits per heavy atom. The standard InChI is InChI=1S/C15H22N2O2S/c1-3-10(2)13-15(18)17(11-6-7-19-9-11)14(16-13)12-5-4-8-20-12/h4-5,8,10-11,13-14,16H,3,6-7,9H2,1-2H3. The lowest BCUT2D eigenvalue weighted by molar-refractivity contribution is -0.133. The van der Waals surface area contributed by atoms with Crippen LogP contribution in [-0.4, -0.2) is 36.1 Å². The zero-order chi connectivity index (χ0) is 14.1. The summed E-state index contributed by atoms with van der Waals surface area (Å²) < 4.78 is 5.49. The van der Waals surface area contributed by atoms with Gasteiger partial charge in [0, 0.05) is 11.5 Å². The Bertz CT molecular complexity index is 456. The van der Waals surface area contributed by atoms with Crippen LogP contribution in [0.4, 0.5) is 0 Å². The second-order valence-corrected chi connectivity index (χ2v) is 6.69. The number of ether oxygens (including phenoxy) is 1. The second-order valence-electron chi connectivity index (χ2n) is 5.71. The number of nitrogens with one attached hydrogen (secondary N) is 1. The third kappa shape index (κ3) is 2.38. The molecule has 2 aliphatic heterocycles. The molecule has 0 saturated carbocycles. The first-order chi connectivity index (χ1) is 9.72. The summed E-state index contributed by atoms with van der Waals surface area (Å²) >= 11 is 1.71. The Labute approximate surface area is 124 Å². The van der Waals surface area contributed by atoms with Crippen LogP contribution in [0.15, 0.2) is 17.5 Å². The summed E-state index contributed by atoms with van der Waals surface area (Å²) in [7, 11) is 0. The van der Waals surface area contributed by atoms with Gasteiger partial charge in [0.2, 0.25) is 5.91 Å². The highest BCUT2D eigenvalue weighted by Crippen LogP contribution is 2.34. The fraction of sp³-hybridized carbons (Fsp3) is 0.667. The van der Waals surface area contributed by atoms with E-state index in [1.807, 2.05) is 11.0 Å². The molecule has 1 amide bonds. The molecule has 3 heterocycles. The average Bonchev–Trinajstić information content (AvgIpc) is 3.17. The van der Waals surface area contributed by atoms with E-state index in [4.69, 9.17) is 4.74 Å². The highest BCUT2D eigenvalue weighted by molar-refractivity contribution is 7.10. The van der Waals surface area contributed by atoms with E-state index in [1.54, 1.807) is 11.3 Å². The molecule has 4 nitrogen and oxygen atoms in total. The van der Waals surface area contributed by atoms with Gasteiger partial charge in [0.1, 0.15) is 6.17 Å². The van der Waals surface area contributed by atoms with Crippen LogP contribution in [0, 0.1) is 5.92 Å². The minimum Gasteiger partial charge on any atom is -0.379 e. The molecule has 1 aromatic rings. The topological polar surface area (TPSA) is 41.6 Å². The van der Waals surface area contributed by atoms with Crippen molar-refractivity contribution in [2.45, 2.75) is 44.9 Å². The molecule has 4 unspecified atom stereocenters. The summed E-state index contributed by atoms with van der Waals surface area (Å²) in [4.78, 5) is 16.1. The van der Waals surface area contributed by atoms with Gasteiger partial charge in [-0.15, -0.1) is 11.3 Å². The lowest BCUT2D eigenvalue weighted by atomic mass is 9.99. The lowest BCUT2D eigenvalue weighted by Crippen LogP contribution is -2.41. The molecule has 20 heavy (non-hydrogen) atoms. The summed E-state index contributed by atoms with van der Waals surface area (Å²) in [6.45, 7) is 5.72. The van der Waals surface area contributed by atoms with E-state index in [0.717, 1.165) is 19.4 Å². The van der Waals surface area contributed by atoms with Crippen LogP contribution < -0.4 is 5.32 Å². The van der Waals surface area contributed by atoms with Crippen molar-refractivity contribution in [1.29, 1.82) is 0 Å². The maximum absolute atomic E-state index is 12.8. The number of nitrogens with zero attached hydrogens (tertiary/aromatic N) is 1. The highest BCUT2D eigenvalue weighted by Gasteiger charge is 2.45. The quantitative estimate of drug-likeness (QED) is 0.927. The number of rotatable bonds is 4. The van der Waals surface area contributed by atoms with Crippen LogP contribution in [0.5, 0.6) is 0 Å². The Balaban J connectivity index is 1.87. The highest BCUT2D eigenvalue weighted by atomic mass is 32.1. The average molecular weight is 294 g/mol. The van der Waals surface area contributed by atoms with Crippen molar-refractivity contribution in [3.8, 4) is 0 Å². The molecule has 0 aliphatic carbocycles. The summed E-state index contributed by atoms with van der Waals surface area (Å²) in [5.41, 5.74) is 0. The van der Waals surface area contributed by atoms with Crippen LogP contribution in [0.2, 0.25) is 0 Å². The molecular formula is C15H22N2O2S. The van der Waals surface area contributed by atoms with Crippen LogP contribution in [-0.2, 0) is 9.53 Å². The molecule has 1 aromatic heterocycles. The van der Waals surface area contributed by atoms with Gasteiger partial charge in [-0.1, -0.05) is 26.3 Å². The normalized spacial score (nSPS) is 32.0. The zero-order valence-corrected chi connectivity index (χ0v) is 12.9. The van der Waals surface area contributed by atoms with Gasteiger partial charge >= 0.3 is 0 Å². The minimum atomic E-state index is -0.0623. The fourth-order valence-electron chi connectivity index (χ4n) is 3.05. The maximum atomic E-state index is 12.8. The molecule has 0 bridgehead atoms. The van der Waals surface area contributed by atoms with E-state index in [0.29, 0.717) is 12.5 Å². The number of carbonyl (C=O) groups excluding carboxylic acids is 1. The van der Waals surface area contributed by atoms with Gasteiger partial charge in [0.25, 0.3) is 0 Å². The SMILES string of the molecule is CCC(C)C1NC(c2cccs2)N(C2CCOC2)C1=O. The molecular weight excluding hydrogens is 272 g/mol. The molecule has 2 aliphatic rings.